The number of benzene rings is 1. The van der Waals surface area contributed by atoms with Gasteiger partial charge in [0, 0.05) is 6.08 Å². The van der Waals surface area contributed by atoms with Crippen molar-refractivity contribution in [2.24, 2.45) is 0 Å². The number of rotatable bonds is 3. The molecule has 0 aromatic heterocycles. The second kappa shape index (κ2) is 13.0. The minimum atomic E-state index is -3.94. The van der Waals surface area contributed by atoms with E-state index in [2.05, 4.69) is 19.7 Å². The summed E-state index contributed by atoms with van der Waals surface area (Å²) >= 11 is 0. The summed E-state index contributed by atoms with van der Waals surface area (Å²) in [5, 5.41) is 8.16. The summed E-state index contributed by atoms with van der Waals surface area (Å²) in [4.78, 5) is 0. The molecular formula is C15H17NO3S. The Morgan fingerprint density at radius 1 is 1.15 bits per heavy atom. The predicted octanol–water partition coefficient (Wildman–Crippen LogP) is 3.60. The molecule has 1 aromatic carbocycles. The summed E-state index contributed by atoms with van der Waals surface area (Å²) in [5.41, 5.74) is 1.17. The lowest BCUT2D eigenvalue weighted by Crippen LogP contribution is -1.87. The molecule has 0 fully saturated rings. The highest BCUT2D eigenvalue weighted by molar-refractivity contribution is 7.88. The molecule has 0 atom stereocenters. The van der Waals surface area contributed by atoms with Crippen molar-refractivity contribution in [3.8, 4) is 6.07 Å². The maximum atomic E-state index is 9.81. The summed E-state index contributed by atoms with van der Waals surface area (Å²) < 4.78 is 27.6. The van der Waals surface area contributed by atoms with Crippen molar-refractivity contribution >= 4 is 16.2 Å². The average molecular weight is 291 g/mol. The largest absolute Gasteiger partial charge is 0.287 e. The molecule has 0 heterocycles. The number of nitrogens with zero attached hydrogens (tertiary/aromatic N) is 1. The zero-order chi connectivity index (χ0) is 15.9. The molecule has 1 aromatic rings. The van der Waals surface area contributed by atoms with E-state index in [0.29, 0.717) is 5.41 Å². The van der Waals surface area contributed by atoms with Gasteiger partial charge in [0.2, 0.25) is 0 Å². The lowest BCUT2D eigenvalue weighted by molar-refractivity contribution is 0.494. The second-order valence-electron chi connectivity index (χ2n) is 3.03. The van der Waals surface area contributed by atoms with Gasteiger partial charge in [0.25, 0.3) is 10.1 Å². The van der Waals surface area contributed by atoms with E-state index in [1.54, 1.807) is 6.07 Å². The first kappa shape index (κ1) is 19.9. The standard InChI is InChI=1S/C8H8.C4H6O3S.C3H3N/c1-2-8-6-4-3-5-7-8;1-2-3-4-8(5,6)7;1-2-3-4/h2-7H,1H2;2-4H,1H2,(H,5,6,7);2H,1H2. The van der Waals surface area contributed by atoms with Gasteiger partial charge in [-0.3, -0.25) is 4.55 Å². The van der Waals surface area contributed by atoms with Crippen LogP contribution in [-0.2, 0) is 10.1 Å². The van der Waals surface area contributed by atoms with Crippen molar-refractivity contribution in [2.75, 3.05) is 0 Å². The zero-order valence-corrected chi connectivity index (χ0v) is 11.8. The molecule has 4 nitrogen and oxygen atoms in total. The Kier molecular flexibility index (Phi) is 13.0. The van der Waals surface area contributed by atoms with Crippen LogP contribution in [0.15, 0.2) is 73.7 Å². The van der Waals surface area contributed by atoms with Crippen LogP contribution < -0.4 is 0 Å². The van der Waals surface area contributed by atoms with Crippen molar-refractivity contribution in [3.05, 3.63) is 79.3 Å². The summed E-state index contributed by atoms with van der Waals surface area (Å²) in [6.07, 6.45) is 5.41. The minimum absolute atomic E-state index is 0.653. The van der Waals surface area contributed by atoms with Crippen LogP contribution in [0.3, 0.4) is 0 Å². The lowest BCUT2D eigenvalue weighted by Gasteiger charge is -1.85. The quantitative estimate of drug-likeness (QED) is 0.524. The molecule has 0 bridgehead atoms. The topological polar surface area (TPSA) is 78.2 Å². The summed E-state index contributed by atoms with van der Waals surface area (Å²) in [6.45, 7) is 9.95. The van der Waals surface area contributed by atoms with Gasteiger partial charge >= 0.3 is 0 Å². The maximum Gasteiger partial charge on any atom is 0.287 e. The summed E-state index contributed by atoms with van der Waals surface area (Å²) in [5.74, 6) is 0. The van der Waals surface area contributed by atoms with E-state index in [0.717, 1.165) is 6.08 Å². The molecular weight excluding hydrogens is 274 g/mol. The first-order chi connectivity index (χ1) is 9.41. The zero-order valence-electron chi connectivity index (χ0n) is 11.0. The van der Waals surface area contributed by atoms with Gasteiger partial charge in [0.1, 0.15) is 0 Å². The molecule has 0 amide bonds. The third-order valence-electron chi connectivity index (χ3n) is 1.51. The Labute approximate surface area is 120 Å². The Bertz CT molecular complexity index is 567. The molecule has 0 spiro atoms. The Hall–Kier alpha value is -2.42. The van der Waals surface area contributed by atoms with Crippen LogP contribution in [0.25, 0.3) is 6.08 Å². The van der Waals surface area contributed by atoms with Crippen LogP contribution >= 0.6 is 0 Å². The van der Waals surface area contributed by atoms with E-state index in [1.165, 1.54) is 17.7 Å². The van der Waals surface area contributed by atoms with Gasteiger partial charge in [0.15, 0.2) is 0 Å². The fourth-order valence-electron chi connectivity index (χ4n) is 0.744. The molecule has 5 heteroatoms. The molecule has 0 saturated carbocycles. The third-order valence-corrected chi connectivity index (χ3v) is 2.01. The van der Waals surface area contributed by atoms with Crippen LogP contribution in [-0.4, -0.2) is 13.0 Å². The smallest absolute Gasteiger partial charge is 0.282 e. The predicted molar refractivity (Wildman–Crippen MR) is 83.2 cm³/mol. The van der Waals surface area contributed by atoms with Gasteiger partial charge in [-0.2, -0.15) is 13.7 Å². The fraction of sp³-hybridized carbons (Fsp3) is 0. The van der Waals surface area contributed by atoms with Crippen molar-refractivity contribution in [3.63, 3.8) is 0 Å². The number of nitriles is 1. The van der Waals surface area contributed by atoms with Gasteiger partial charge in [-0.1, -0.05) is 62.2 Å². The van der Waals surface area contributed by atoms with Gasteiger partial charge in [-0.15, -0.1) is 0 Å². The van der Waals surface area contributed by atoms with Crippen molar-refractivity contribution in [1.82, 2.24) is 0 Å². The van der Waals surface area contributed by atoms with Crippen molar-refractivity contribution in [1.29, 1.82) is 5.26 Å². The van der Waals surface area contributed by atoms with E-state index in [9.17, 15) is 8.42 Å². The van der Waals surface area contributed by atoms with E-state index < -0.39 is 10.1 Å². The second-order valence-corrected chi connectivity index (χ2v) is 4.33. The van der Waals surface area contributed by atoms with E-state index in [4.69, 9.17) is 9.81 Å². The molecule has 0 unspecified atom stereocenters. The van der Waals surface area contributed by atoms with E-state index in [1.807, 2.05) is 36.4 Å². The third kappa shape index (κ3) is 18.0. The molecule has 20 heavy (non-hydrogen) atoms. The first-order valence-corrected chi connectivity index (χ1v) is 6.86. The Morgan fingerprint density at radius 3 is 1.85 bits per heavy atom. The van der Waals surface area contributed by atoms with Crippen LogP contribution in [0.4, 0.5) is 0 Å². The van der Waals surface area contributed by atoms with Crippen molar-refractivity contribution < 1.29 is 13.0 Å². The Balaban J connectivity index is 0. The van der Waals surface area contributed by atoms with Crippen LogP contribution in [0.2, 0.25) is 0 Å². The lowest BCUT2D eigenvalue weighted by atomic mass is 10.2. The van der Waals surface area contributed by atoms with Crippen LogP contribution in [0, 0.1) is 11.3 Å². The molecule has 0 aliphatic heterocycles. The van der Waals surface area contributed by atoms with Gasteiger partial charge in [-0.05, 0) is 11.6 Å². The molecule has 1 N–H and O–H groups in total. The highest BCUT2D eigenvalue weighted by Crippen LogP contribution is 1.97. The first-order valence-electron chi connectivity index (χ1n) is 5.35. The molecule has 0 radical (unpaired) electrons. The van der Waals surface area contributed by atoms with Gasteiger partial charge in [0.05, 0.1) is 11.5 Å². The maximum absolute atomic E-state index is 9.81. The highest BCUT2D eigenvalue weighted by Gasteiger charge is 1.90. The monoisotopic (exact) mass is 291 g/mol. The number of allylic oxidation sites excluding steroid dienone is 3. The van der Waals surface area contributed by atoms with Crippen LogP contribution in [0.1, 0.15) is 5.56 Å². The fourth-order valence-corrected chi connectivity index (χ4v) is 1.05. The molecule has 1 rings (SSSR count). The van der Waals surface area contributed by atoms with Gasteiger partial charge in [-0.25, -0.2) is 0 Å². The van der Waals surface area contributed by atoms with Crippen LogP contribution in [0.5, 0.6) is 0 Å². The molecule has 0 aliphatic rings. The normalized spacial score (nSPS) is 9.00. The van der Waals surface area contributed by atoms with E-state index in [-0.39, 0.29) is 0 Å². The van der Waals surface area contributed by atoms with E-state index >= 15 is 0 Å². The SMILES string of the molecule is C=CC#N.C=CC=CS(=O)(=O)O.C=Cc1ccccc1. The minimum Gasteiger partial charge on any atom is -0.282 e. The Morgan fingerprint density at radius 2 is 1.65 bits per heavy atom. The number of hydrogen-bond donors (Lipinski definition) is 1. The molecule has 106 valence electrons. The van der Waals surface area contributed by atoms with Gasteiger partial charge < -0.3 is 0 Å². The number of hydrogen-bond acceptors (Lipinski definition) is 3. The average Bonchev–Trinajstić information content (AvgIpc) is 2.46. The molecule has 0 saturated heterocycles. The highest BCUT2D eigenvalue weighted by atomic mass is 32.2. The van der Waals surface area contributed by atoms with Crippen molar-refractivity contribution in [2.45, 2.75) is 0 Å². The summed E-state index contributed by atoms with van der Waals surface area (Å²) in [6, 6.07) is 11.7. The summed E-state index contributed by atoms with van der Waals surface area (Å²) in [7, 11) is -3.94. The molecule has 0 aliphatic carbocycles.